The zero-order valence-corrected chi connectivity index (χ0v) is 14.1. The Kier molecular flexibility index (Phi) is 5.50. The zero-order valence-electron chi connectivity index (χ0n) is 13.4. The summed E-state index contributed by atoms with van der Waals surface area (Å²) in [5, 5.41) is 12.9. The Morgan fingerprint density at radius 3 is 2.61 bits per heavy atom. The lowest BCUT2D eigenvalue weighted by molar-refractivity contribution is 0.0697. The summed E-state index contributed by atoms with van der Waals surface area (Å²) in [4.78, 5) is 11.0. The number of carboxylic acids is 1. The molecule has 0 aliphatic carbocycles. The number of benzene rings is 2. The molecular weight excluding hydrogens is 314 g/mol. The molecule has 0 atom stereocenters. The lowest BCUT2D eigenvalue weighted by Gasteiger charge is -2.14. The van der Waals surface area contributed by atoms with E-state index in [1.54, 1.807) is 18.2 Å². The van der Waals surface area contributed by atoms with Gasteiger partial charge < -0.3 is 15.2 Å². The molecule has 2 rings (SSSR count). The second-order valence-electron chi connectivity index (χ2n) is 5.62. The van der Waals surface area contributed by atoms with Gasteiger partial charge in [0.2, 0.25) is 0 Å². The van der Waals surface area contributed by atoms with Crippen molar-refractivity contribution < 1.29 is 14.6 Å². The molecule has 0 saturated heterocycles. The van der Waals surface area contributed by atoms with Crippen LogP contribution in [0.2, 0.25) is 5.02 Å². The predicted octanol–water partition coefficient (Wildman–Crippen LogP) is 4.75. The maximum atomic E-state index is 11.0. The van der Waals surface area contributed by atoms with E-state index >= 15 is 0 Å². The largest absolute Gasteiger partial charge is 0.489 e. The minimum Gasteiger partial charge on any atom is -0.489 e. The molecule has 0 saturated carbocycles. The molecule has 0 spiro atoms. The molecule has 2 aromatic carbocycles. The first-order chi connectivity index (χ1) is 10.9. The number of aromatic carboxylic acids is 1. The van der Waals surface area contributed by atoms with Gasteiger partial charge in [0, 0.05) is 12.2 Å². The average Bonchev–Trinajstić information content (AvgIpc) is 2.48. The number of rotatable bonds is 6. The number of halogens is 1. The quantitative estimate of drug-likeness (QED) is 0.801. The molecule has 2 N–H and O–H groups in total. The van der Waals surface area contributed by atoms with E-state index in [0.717, 1.165) is 16.8 Å². The number of carboxylic acid groups (broad SMARTS) is 1. The van der Waals surface area contributed by atoms with Gasteiger partial charge in [-0.3, -0.25) is 0 Å². The topological polar surface area (TPSA) is 58.6 Å². The number of anilines is 1. The minimum absolute atomic E-state index is 0.0675. The third-order valence-electron chi connectivity index (χ3n) is 3.33. The Balaban J connectivity index is 2.10. The van der Waals surface area contributed by atoms with Crippen molar-refractivity contribution in [3.05, 3.63) is 58.1 Å². The fourth-order valence-corrected chi connectivity index (χ4v) is 2.39. The van der Waals surface area contributed by atoms with Crippen LogP contribution in [0.25, 0.3) is 0 Å². The summed E-state index contributed by atoms with van der Waals surface area (Å²) in [7, 11) is 0. The Bertz CT molecular complexity index is 713. The average molecular weight is 334 g/mol. The fraction of sp³-hybridized carbons (Fsp3) is 0.278. The number of ether oxygens (including phenoxy) is 1. The lowest BCUT2D eigenvalue weighted by atomic mass is 10.1. The monoisotopic (exact) mass is 333 g/mol. The Hall–Kier alpha value is -2.20. The second kappa shape index (κ2) is 7.38. The molecule has 0 aliphatic heterocycles. The predicted molar refractivity (Wildman–Crippen MR) is 92.7 cm³/mol. The molecule has 0 aromatic heterocycles. The maximum Gasteiger partial charge on any atom is 0.335 e. The van der Waals surface area contributed by atoms with Crippen LogP contribution in [-0.4, -0.2) is 17.2 Å². The second-order valence-corrected chi connectivity index (χ2v) is 6.03. The number of hydrogen-bond donors (Lipinski definition) is 2. The van der Waals surface area contributed by atoms with E-state index in [9.17, 15) is 4.79 Å². The molecule has 23 heavy (non-hydrogen) atoms. The molecule has 0 fully saturated rings. The van der Waals surface area contributed by atoms with Crippen LogP contribution < -0.4 is 10.1 Å². The van der Waals surface area contributed by atoms with Crippen molar-refractivity contribution in [2.24, 2.45) is 0 Å². The Morgan fingerprint density at radius 2 is 2.00 bits per heavy atom. The summed E-state index contributed by atoms with van der Waals surface area (Å²) in [5.41, 5.74) is 3.03. The van der Waals surface area contributed by atoms with Gasteiger partial charge >= 0.3 is 5.97 Å². The highest BCUT2D eigenvalue weighted by Crippen LogP contribution is 2.27. The van der Waals surface area contributed by atoms with Crippen LogP contribution in [0, 0.1) is 6.92 Å². The van der Waals surface area contributed by atoms with Gasteiger partial charge in [-0.05, 0) is 56.2 Å². The Morgan fingerprint density at radius 1 is 1.26 bits per heavy atom. The van der Waals surface area contributed by atoms with Crippen LogP contribution in [0.4, 0.5) is 5.69 Å². The van der Waals surface area contributed by atoms with Crippen LogP contribution in [0.15, 0.2) is 36.4 Å². The summed E-state index contributed by atoms with van der Waals surface area (Å²) in [6.45, 7) is 6.38. The van der Waals surface area contributed by atoms with Crippen molar-refractivity contribution in [1.82, 2.24) is 0 Å². The molecule has 0 unspecified atom stereocenters. The van der Waals surface area contributed by atoms with Crippen molar-refractivity contribution in [2.75, 3.05) is 5.32 Å². The van der Waals surface area contributed by atoms with E-state index in [1.165, 1.54) is 0 Å². The molecule has 122 valence electrons. The van der Waals surface area contributed by atoms with Crippen LogP contribution in [0.1, 0.15) is 35.3 Å². The smallest absolute Gasteiger partial charge is 0.335 e. The molecule has 0 aliphatic rings. The van der Waals surface area contributed by atoms with E-state index in [2.05, 4.69) is 5.32 Å². The van der Waals surface area contributed by atoms with Gasteiger partial charge in [-0.15, -0.1) is 0 Å². The van der Waals surface area contributed by atoms with E-state index < -0.39 is 5.97 Å². The molecule has 0 heterocycles. The van der Waals surface area contributed by atoms with Gasteiger partial charge in [0.1, 0.15) is 5.75 Å². The van der Waals surface area contributed by atoms with E-state index in [1.807, 2.05) is 39.0 Å². The summed E-state index contributed by atoms with van der Waals surface area (Å²) < 4.78 is 5.61. The first-order valence-electron chi connectivity index (χ1n) is 7.39. The third kappa shape index (κ3) is 4.63. The molecule has 2 aromatic rings. The van der Waals surface area contributed by atoms with Crippen molar-refractivity contribution in [2.45, 2.75) is 33.4 Å². The van der Waals surface area contributed by atoms with Gasteiger partial charge in [-0.2, -0.15) is 0 Å². The van der Waals surface area contributed by atoms with Gasteiger partial charge in [-0.1, -0.05) is 23.7 Å². The van der Waals surface area contributed by atoms with Crippen LogP contribution in [0.3, 0.4) is 0 Å². The first-order valence-corrected chi connectivity index (χ1v) is 7.77. The summed E-state index contributed by atoms with van der Waals surface area (Å²) >= 11 is 6.22. The van der Waals surface area contributed by atoms with Crippen molar-refractivity contribution in [3.8, 4) is 5.75 Å². The molecular formula is C18H20ClNO3. The fourth-order valence-electron chi connectivity index (χ4n) is 2.15. The van der Waals surface area contributed by atoms with Crippen LogP contribution >= 0.6 is 11.6 Å². The normalized spacial score (nSPS) is 10.7. The molecule has 0 amide bonds. The van der Waals surface area contributed by atoms with E-state index in [0.29, 0.717) is 17.3 Å². The zero-order chi connectivity index (χ0) is 17.0. The van der Waals surface area contributed by atoms with Crippen molar-refractivity contribution >= 4 is 23.3 Å². The van der Waals surface area contributed by atoms with E-state index in [-0.39, 0.29) is 11.7 Å². The lowest BCUT2D eigenvalue weighted by Crippen LogP contribution is -2.07. The van der Waals surface area contributed by atoms with Crippen molar-refractivity contribution in [3.63, 3.8) is 0 Å². The first kappa shape index (κ1) is 17.2. The van der Waals surface area contributed by atoms with Gasteiger partial charge in [0.25, 0.3) is 0 Å². The molecule has 4 nitrogen and oxygen atoms in total. The van der Waals surface area contributed by atoms with Crippen LogP contribution in [-0.2, 0) is 6.54 Å². The number of aryl methyl sites for hydroxylation is 1. The minimum atomic E-state index is -0.939. The SMILES string of the molecule is Cc1ccc(C(=O)O)cc1NCc1ccc(OC(C)C)c(Cl)c1. The summed E-state index contributed by atoms with van der Waals surface area (Å²) in [6, 6.07) is 10.7. The van der Waals surface area contributed by atoms with Gasteiger partial charge in [-0.25, -0.2) is 4.79 Å². The number of hydrogen-bond acceptors (Lipinski definition) is 3. The van der Waals surface area contributed by atoms with Gasteiger partial charge in [0.05, 0.1) is 16.7 Å². The number of nitrogens with one attached hydrogen (secondary N) is 1. The summed E-state index contributed by atoms with van der Waals surface area (Å²) in [5.74, 6) is -0.277. The van der Waals surface area contributed by atoms with Crippen LogP contribution in [0.5, 0.6) is 5.75 Å². The molecule has 0 radical (unpaired) electrons. The number of carbonyl (C=O) groups is 1. The third-order valence-corrected chi connectivity index (χ3v) is 3.62. The van der Waals surface area contributed by atoms with Gasteiger partial charge in [0.15, 0.2) is 0 Å². The molecule has 0 bridgehead atoms. The van der Waals surface area contributed by atoms with Crippen molar-refractivity contribution in [1.29, 1.82) is 0 Å². The highest BCUT2D eigenvalue weighted by Gasteiger charge is 2.08. The standard InChI is InChI=1S/C18H20ClNO3/c1-11(2)23-17-7-5-13(8-15(17)19)10-20-16-9-14(18(21)22)6-4-12(16)3/h4-9,11,20H,10H2,1-3H3,(H,21,22). The summed E-state index contributed by atoms with van der Waals surface area (Å²) in [6.07, 6.45) is 0.0675. The maximum absolute atomic E-state index is 11.0. The highest BCUT2D eigenvalue weighted by atomic mass is 35.5. The molecule has 5 heteroatoms. The van der Waals surface area contributed by atoms with E-state index in [4.69, 9.17) is 21.4 Å². The highest BCUT2D eigenvalue weighted by molar-refractivity contribution is 6.32. The Labute approximate surface area is 141 Å².